The Bertz CT molecular complexity index is 1260. The maximum Gasteiger partial charge on any atom is 0.341 e. The molecule has 3 rings (SSSR count). The molecule has 0 fully saturated rings. The zero-order valence-electron chi connectivity index (χ0n) is 17.6. The summed E-state index contributed by atoms with van der Waals surface area (Å²) in [5.74, 6) is -0.268. The molecule has 0 aliphatic heterocycles. The van der Waals surface area contributed by atoms with Gasteiger partial charge >= 0.3 is 5.97 Å². The van der Waals surface area contributed by atoms with Crippen LogP contribution in [0.3, 0.4) is 0 Å². The fourth-order valence-electron chi connectivity index (χ4n) is 2.98. The number of benzene rings is 2. The summed E-state index contributed by atoms with van der Waals surface area (Å²) in [6, 6.07) is 8.49. The van der Waals surface area contributed by atoms with Gasteiger partial charge in [0.25, 0.3) is 5.56 Å². The third-order valence-electron chi connectivity index (χ3n) is 4.34. The van der Waals surface area contributed by atoms with Crippen molar-refractivity contribution in [1.82, 2.24) is 9.66 Å². The standard InChI is InChI=1S/C22H21BrClN3O5/c1-4-31-18-8-13(7-16(24)20(18)32-11-19(28)29)10-25-27-21(12(2)3)26-17-6-5-14(23)9-15(17)22(27)30/h5-10,12H,4,11H2,1-3H3,(H,28,29). The summed E-state index contributed by atoms with van der Waals surface area (Å²) in [7, 11) is 0. The molecular weight excluding hydrogens is 502 g/mol. The van der Waals surface area contributed by atoms with Gasteiger partial charge in [-0.2, -0.15) is 9.78 Å². The zero-order chi connectivity index (χ0) is 23.4. The van der Waals surface area contributed by atoms with Crippen molar-refractivity contribution in [3.63, 3.8) is 0 Å². The van der Waals surface area contributed by atoms with Crippen molar-refractivity contribution in [2.45, 2.75) is 26.7 Å². The Balaban J connectivity index is 2.08. The number of hydrogen-bond acceptors (Lipinski definition) is 6. The molecule has 2 aromatic carbocycles. The fraction of sp³-hybridized carbons (Fsp3) is 0.273. The summed E-state index contributed by atoms with van der Waals surface area (Å²) in [6.45, 7) is 5.40. The molecular formula is C22H21BrClN3O5. The van der Waals surface area contributed by atoms with Gasteiger partial charge in [-0.25, -0.2) is 9.78 Å². The smallest absolute Gasteiger partial charge is 0.341 e. The summed E-state index contributed by atoms with van der Waals surface area (Å²) in [6.07, 6.45) is 1.47. The van der Waals surface area contributed by atoms with Gasteiger partial charge in [-0.15, -0.1) is 0 Å². The number of carboxylic acids is 1. The predicted octanol–water partition coefficient (Wildman–Crippen LogP) is 4.68. The maximum absolute atomic E-state index is 13.1. The van der Waals surface area contributed by atoms with Crippen molar-refractivity contribution < 1.29 is 19.4 Å². The van der Waals surface area contributed by atoms with E-state index >= 15 is 0 Å². The fourth-order valence-corrected chi connectivity index (χ4v) is 3.61. The third kappa shape index (κ3) is 5.28. The molecule has 0 saturated carbocycles. The first-order valence-corrected chi connectivity index (χ1v) is 11.0. The van der Waals surface area contributed by atoms with Crippen molar-refractivity contribution in [3.8, 4) is 11.5 Å². The summed E-state index contributed by atoms with van der Waals surface area (Å²) >= 11 is 9.68. The molecule has 1 N–H and O–H groups in total. The first-order valence-electron chi connectivity index (χ1n) is 9.78. The van der Waals surface area contributed by atoms with Crippen LogP contribution in [-0.4, -0.2) is 40.2 Å². The Morgan fingerprint density at radius 3 is 2.72 bits per heavy atom. The minimum absolute atomic E-state index is 0.0535. The van der Waals surface area contributed by atoms with E-state index in [1.54, 1.807) is 31.2 Å². The van der Waals surface area contributed by atoms with Crippen molar-refractivity contribution in [2.75, 3.05) is 13.2 Å². The second kappa shape index (κ2) is 10.1. The molecule has 1 heterocycles. The highest BCUT2D eigenvalue weighted by atomic mass is 79.9. The van der Waals surface area contributed by atoms with Crippen molar-refractivity contribution in [1.29, 1.82) is 0 Å². The minimum atomic E-state index is -1.13. The van der Waals surface area contributed by atoms with E-state index < -0.39 is 12.6 Å². The van der Waals surface area contributed by atoms with Crippen molar-refractivity contribution in [3.05, 3.63) is 61.6 Å². The number of aromatic nitrogens is 2. The minimum Gasteiger partial charge on any atom is -0.490 e. The van der Waals surface area contributed by atoms with Gasteiger partial charge in [-0.1, -0.05) is 41.4 Å². The molecule has 3 aromatic rings. The predicted molar refractivity (Wildman–Crippen MR) is 127 cm³/mol. The highest BCUT2D eigenvalue weighted by Gasteiger charge is 2.16. The summed E-state index contributed by atoms with van der Waals surface area (Å²) in [5, 5.41) is 13.8. The second-order valence-electron chi connectivity index (χ2n) is 7.09. The number of fused-ring (bicyclic) bond motifs is 1. The molecule has 168 valence electrons. The Hall–Kier alpha value is -2.91. The quantitative estimate of drug-likeness (QED) is 0.431. The molecule has 32 heavy (non-hydrogen) atoms. The number of halogens is 2. The van der Waals surface area contributed by atoms with Crippen LogP contribution >= 0.6 is 27.5 Å². The number of carbonyl (C=O) groups is 1. The number of ether oxygens (including phenoxy) is 2. The van der Waals surface area contributed by atoms with Crippen LogP contribution < -0.4 is 15.0 Å². The van der Waals surface area contributed by atoms with Gasteiger partial charge in [0.15, 0.2) is 18.1 Å². The number of hydrogen-bond donors (Lipinski definition) is 1. The van der Waals surface area contributed by atoms with Gasteiger partial charge in [-0.05, 0) is 42.8 Å². The monoisotopic (exact) mass is 521 g/mol. The SMILES string of the molecule is CCOc1cc(C=Nn2c(C(C)C)nc3ccc(Br)cc3c2=O)cc(Cl)c1OCC(=O)O. The van der Waals surface area contributed by atoms with Crippen LogP contribution in [0.5, 0.6) is 11.5 Å². The van der Waals surface area contributed by atoms with Gasteiger partial charge in [0.1, 0.15) is 5.82 Å². The summed E-state index contributed by atoms with van der Waals surface area (Å²) in [4.78, 5) is 28.6. The highest BCUT2D eigenvalue weighted by Crippen LogP contribution is 2.36. The summed E-state index contributed by atoms with van der Waals surface area (Å²) in [5.41, 5.74) is 0.834. The molecule has 0 aliphatic carbocycles. The Kier molecular flexibility index (Phi) is 7.52. The van der Waals surface area contributed by atoms with Crippen molar-refractivity contribution in [2.24, 2.45) is 5.10 Å². The van der Waals surface area contributed by atoms with Gasteiger partial charge in [0, 0.05) is 10.4 Å². The van der Waals surface area contributed by atoms with E-state index in [1.807, 2.05) is 19.9 Å². The topological polar surface area (TPSA) is 103 Å². The largest absolute Gasteiger partial charge is 0.490 e. The van der Waals surface area contributed by atoms with Crippen LogP contribution in [0.25, 0.3) is 10.9 Å². The number of rotatable bonds is 8. The molecule has 0 radical (unpaired) electrons. The van der Waals surface area contributed by atoms with Crippen LogP contribution in [-0.2, 0) is 4.79 Å². The molecule has 0 saturated heterocycles. The van der Waals surface area contributed by atoms with Crippen molar-refractivity contribution >= 4 is 50.6 Å². The number of nitrogens with zero attached hydrogens (tertiary/aromatic N) is 3. The van der Waals surface area contributed by atoms with Crippen LogP contribution in [0.15, 0.2) is 44.7 Å². The Labute approximate surface area is 197 Å². The molecule has 0 spiro atoms. The lowest BCUT2D eigenvalue weighted by molar-refractivity contribution is -0.139. The zero-order valence-corrected chi connectivity index (χ0v) is 20.0. The summed E-state index contributed by atoms with van der Waals surface area (Å²) < 4.78 is 12.8. The average Bonchev–Trinajstić information content (AvgIpc) is 2.72. The second-order valence-corrected chi connectivity index (χ2v) is 8.42. The van der Waals surface area contributed by atoms with Gasteiger partial charge in [-0.3, -0.25) is 4.79 Å². The molecule has 10 heteroatoms. The lowest BCUT2D eigenvalue weighted by Gasteiger charge is -2.14. The van der Waals surface area contributed by atoms with Crippen LogP contribution in [0.1, 0.15) is 38.1 Å². The number of aliphatic carboxylic acids is 1. The van der Waals surface area contributed by atoms with Crippen LogP contribution in [0.4, 0.5) is 0 Å². The highest BCUT2D eigenvalue weighted by molar-refractivity contribution is 9.10. The molecule has 1 aromatic heterocycles. The molecule has 8 nitrogen and oxygen atoms in total. The van der Waals surface area contributed by atoms with Crippen LogP contribution in [0, 0.1) is 0 Å². The molecule has 0 atom stereocenters. The average molecular weight is 523 g/mol. The Morgan fingerprint density at radius 1 is 1.31 bits per heavy atom. The lowest BCUT2D eigenvalue weighted by Crippen LogP contribution is -2.23. The Morgan fingerprint density at radius 2 is 2.06 bits per heavy atom. The van der Waals surface area contributed by atoms with Gasteiger partial charge in [0.05, 0.1) is 28.7 Å². The van der Waals surface area contributed by atoms with Crippen LogP contribution in [0.2, 0.25) is 5.02 Å². The third-order valence-corrected chi connectivity index (χ3v) is 5.12. The van der Waals surface area contributed by atoms with E-state index in [-0.39, 0.29) is 28.0 Å². The number of carboxylic acid groups (broad SMARTS) is 1. The van der Waals surface area contributed by atoms with E-state index in [2.05, 4.69) is 26.0 Å². The van der Waals surface area contributed by atoms with Gasteiger partial charge < -0.3 is 14.6 Å². The molecule has 0 amide bonds. The molecule has 0 bridgehead atoms. The first-order chi connectivity index (χ1) is 15.2. The van der Waals surface area contributed by atoms with E-state index in [9.17, 15) is 9.59 Å². The van der Waals surface area contributed by atoms with E-state index in [1.165, 1.54) is 10.9 Å². The first kappa shape index (κ1) is 23.7. The molecule has 0 aliphatic rings. The maximum atomic E-state index is 13.1. The van der Waals surface area contributed by atoms with E-state index in [0.717, 1.165) is 4.47 Å². The lowest BCUT2D eigenvalue weighted by atomic mass is 10.2. The van der Waals surface area contributed by atoms with E-state index in [4.69, 9.17) is 26.2 Å². The van der Waals surface area contributed by atoms with E-state index in [0.29, 0.717) is 28.9 Å². The normalized spacial score (nSPS) is 11.4. The molecule has 0 unspecified atom stereocenters. The van der Waals surface area contributed by atoms with Gasteiger partial charge in [0.2, 0.25) is 0 Å².